The van der Waals surface area contributed by atoms with Crippen LogP contribution in [-0.4, -0.2) is 34.2 Å². The molecule has 5 rings (SSSR count). The topological polar surface area (TPSA) is 88.4 Å². The molecule has 0 atom stereocenters. The second kappa shape index (κ2) is 12.8. The number of carbonyl (C=O) groups is 2. The van der Waals surface area contributed by atoms with Gasteiger partial charge in [-0.25, -0.2) is 9.79 Å². The van der Waals surface area contributed by atoms with Crippen LogP contribution in [0.15, 0.2) is 107 Å². The van der Waals surface area contributed by atoms with E-state index in [1.807, 2.05) is 60.7 Å². The molecule has 1 heterocycles. The van der Waals surface area contributed by atoms with Crippen LogP contribution in [0.25, 0.3) is 6.08 Å². The number of aromatic carboxylic acids is 1. The predicted molar refractivity (Wildman–Crippen MR) is 162 cm³/mol. The minimum atomic E-state index is -0.999. The fourth-order valence-electron chi connectivity index (χ4n) is 4.09. The molecule has 0 saturated carbocycles. The SMILES string of the molecule is COc1ccc(CN2C(=O)/C(=C/c3ccc(OCc4cccc(C(=O)O)c4)c(Cl)c3)SC2=Nc2ccccc2)cc1. The third-order valence-corrected chi connectivity index (χ3v) is 7.49. The Kier molecular flexibility index (Phi) is 8.72. The predicted octanol–water partition coefficient (Wildman–Crippen LogP) is 7.43. The van der Waals surface area contributed by atoms with Crippen molar-refractivity contribution in [1.29, 1.82) is 0 Å². The molecule has 0 radical (unpaired) electrons. The Hall–Kier alpha value is -4.53. The summed E-state index contributed by atoms with van der Waals surface area (Å²) in [6, 6.07) is 28.9. The van der Waals surface area contributed by atoms with Gasteiger partial charge in [0, 0.05) is 0 Å². The molecule has 0 spiro atoms. The van der Waals surface area contributed by atoms with Crippen LogP contribution < -0.4 is 9.47 Å². The summed E-state index contributed by atoms with van der Waals surface area (Å²) in [6.45, 7) is 0.519. The van der Waals surface area contributed by atoms with Gasteiger partial charge < -0.3 is 14.6 Å². The standard InChI is InChI=1S/C32H25ClN2O5S/c1-39-26-13-10-21(11-14-26)19-35-30(36)29(41-32(35)34-25-8-3-2-4-9-25)18-22-12-15-28(27(33)17-22)40-20-23-6-5-7-24(16-23)31(37)38/h2-18H,19-20H2,1H3,(H,37,38)/b29-18-,34-32?. The molecule has 4 aromatic rings. The van der Waals surface area contributed by atoms with Crippen molar-refractivity contribution in [2.45, 2.75) is 13.2 Å². The number of aliphatic imine (C=N–C) groups is 1. The van der Waals surface area contributed by atoms with Gasteiger partial charge in [0.2, 0.25) is 0 Å². The molecular weight excluding hydrogens is 560 g/mol. The van der Waals surface area contributed by atoms with E-state index in [1.54, 1.807) is 48.4 Å². The van der Waals surface area contributed by atoms with Gasteiger partial charge in [-0.15, -0.1) is 0 Å². The van der Waals surface area contributed by atoms with Gasteiger partial charge in [0.15, 0.2) is 5.17 Å². The third kappa shape index (κ3) is 6.98. The van der Waals surface area contributed by atoms with E-state index in [0.29, 0.717) is 33.0 Å². The summed E-state index contributed by atoms with van der Waals surface area (Å²) in [5.41, 5.74) is 3.33. The second-order valence-electron chi connectivity index (χ2n) is 9.06. The molecule has 0 unspecified atom stereocenters. The fourth-order valence-corrected chi connectivity index (χ4v) is 5.33. The van der Waals surface area contributed by atoms with Crippen LogP contribution in [0.3, 0.4) is 0 Å². The average Bonchev–Trinajstić information content (AvgIpc) is 3.26. The first-order chi connectivity index (χ1) is 19.9. The van der Waals surface area contributed by atoms with Crippen molar-refractivity contribution in [2.75, 3.05) is 7.11 Å². The summed E-state index contributed by atoms with van der Waals surface area (Å²) in [4.78, 5) is 31.7. The number of nitrogens with zero attached hydrogens (tertiary/aromatic N) is 2. The summed E-state index contributed by atoms with van der Waals surface area (Å²) >= 11 is 7.82. The lowest BCUT2D eigenvalue weighted by molar-refractivity contribution is -0.122. The van der Waals surface area contributed by atoms with Gasteiger partial charge in [0.1, 0.15) is 18.1 Å². The molecule has 9 heteroatoms. The number of carbonyl (C=O) groups excluding carboxylic acids is 1. The number of thioether (sulfide) groups is 1. The highest BCUT2D eigenvalue weighted by molar-refractivity contribution is 8.18. The Balaban J connectivity index is 1.36. The highest BCUT2D eigenvalue weighted by Gasteiger charge is 2.33. The zero-order chi connectivity index (χ0) is 28.8. The number of para-hydroxylation sites is 1. The first-order valence-corrected chi connectivity index (χ1v) is 13.8. The molecule has 0 aliphatic carbocycles. The van der Waals surface area contributed by atoms with Crippen molar-refractivity contribution in [3.8, 4) is 11.5 Å². The van der Waals surface area contributed by atoms with E-state index >= 15 is 0 Å². The fraction of sp³-hybridized carbons (Fsp3) is 0.0938. The lowest BCUT2D eigenvalue weighted by Crippen LogP contribution is -2.28. The maximum atomic E-state index is 13.6. The first-order valence-electron chi connectivity index (χ1n) is 12.6. The number of amidine groups is 1. The Morgan fingerprint density at radius 3 is 2.46 bits per heavy atom. The quantitative estimate of drug-likeness (QED) is 0.206. The molecule has 0 bridgehead atoms. The Bertz CT molecular complexity index is 1640. The van der Waals surface area contributed by atoms with Crippen LogP contribution >= 0.6 is 23.4 Å². The molecule has 1 N–H and O–H groups in total. The zero-order valence-electron chi connectivity index (χ0n) is 22.0. The monoisotopic (exact) mass is 584 g/mol. The van der Waals surface area contributed by atoms with Crippen LogP contribution in [0.5, 0.6) is 11.5 Å². The number of hydrogen-bond acceptors (Lipinski definition) is 6. The third-order valence-electron chi connectivity index (χ3n) is 6.19. The maximum Gasteiger partial charge on any atom is 0.335 e. The van der Waals surface area contributed by atoms with E-state index < -0.39 is 5.97 Å². The van der Waals surface area contributed by atoms with Crippen LogP contribution in [-0.2, 0) is 17.9 Å². The molecule has 1 amide bonds. The summed E-state index contributed by atoms with van der Waals surface area (Å²) in [5, 5.41) is 10.2. The summed E-state index contributed by atoms with van der Waals surface area (Å²) in [5.74, 6) is 0.0384. The molecule has 1 fully saturated rings. The zero-order valence-corrected chi connectivity index (χ0v) is 23.6. The van der Waals surface area contributed by atoms with Crippen molar-refractivity contribution in [2.24, 2.45) is 4.99 Å². The smallest absolute Gasteiger partial charge is 0.335 e. The summed E-state index contributed by atoms with van der Waals surface area (Å²) < 4.78 is 11.1. The highest BCUT2D eigenvalue weighted by atomic mass is 35.5. The molecule has 206 valence electrons. The molecule has 1 saturated heterocycles. The molecule has 4 aromatic carbocycles. The average molecular weight is 585 g/mol. The van der Waals surface area contributed by atoms with Gasteiger partial charge in [0.05, 0.1) is 34.8 Å². The van der Waals surface area contributed by atoms with Gasteiger partial charge in [-0.05, 0) is 83.1 Å². The van der Waals surface area contributed by atoms with Gasteiger partial charge in [-0.1, -0.05) is 60.1 Å². The first kappa shape index (κ1) is 28.0. The van der Waals surface area contributed by atoms with E-state index in [4.69, 9.17) is 26.1 Å². The van der Waals surface area contributed by atoms with Crippen molar-refractivity contribution >= 4 is 52.2 Å². The minimum absolute atomic E-state index is 0.157. The summed E-state index contributed by atoms with van der Waals surface area (Å²) in [7, 11) is 1.61. The molecular formula is C32H25ClN2O5S. The van der Waals surface area contributed by atoms with Crippen LogP contribution in [0.2, 0.25) is 5.02 Å². The van der Waals surface area contributed by atoms with E-state index in [9.17, 15) is 14.7 Å². The van der Waals surface area contributed by atoms with Crippen LogP contribution in [0.4, 0.5) is 5.69 Å². The highest BCUT2D eigenvalue weighted by Crippen LogP contribution is 2.36. The molecule has 1 aliphatic rings. The van der Waals surface area contributed by atoms with Gasteiger partial charge in [-0.3, -0.25) is 9.69 Å². The number of hydrogen-bond donors (Lipinski definition) is 1. The number of benzene rings is 4. The minimum Gasteiger partial charge on any atom is -0.497 e. The van der Waals surface area contributed by atoms with E-state index in [2.05, 4.69) is 0 Å². The summed E-state index contributed by atoms with van der Waals surface area (Å²) in [6.07, 6.45) is 1.79. The Morgan fingerprint density at radius 1 is 0.976 bits per heavy atom. The molecule has 1 aliphatic heterocycles. The normalized spacial score (nSPS) is 15.0. The van der Waals surface area contributed by atoms with Crippen LogP contribution in [0.1, 0.15) is 27.0 Å². The lowest BCUT2D eigenvalue weighted by atomic mass is 10.1. The number of carboxylic acid groups (broad SMARTS) is 1. The maximum absolute atomic E-state index is 13.6. The Morgan fingerprint density at radius 2 is 1.76 bits per heavy atom. The second-order valence-corrected chi connectivity index (χ2v) is 10.5. The number of halogens is 1. The van der Waals surface area contributed by atoms with Crippen molar-refractivity contribution in [3.05, 3.63) is 129 Å². The number of carboxylic acids is 1. The van der Waals surface area contributed by atoms with Crippen LogP contribution in [0, 0.1) is 0 Å². The van der Waals surface area contributed by atoms with Crippen molar-refractivity contribution in [1.82, 2.24) is 4.90 Å². The van der Waals surface area contributed by atoms with Crippen molar-refractivity contribution in [3.63, 3.8) is 0 Å². The molecule has 0 aromatic heterocycles. The number of ether oxygens (including phenoxy) is 2. The lowest BCUT2D eigenvalue weighted by Gasteiger charge is -2.16. The Labute approximate surface area is 246 Å². The van der Waals surface area contributed by atoms with Gasteiger partial charge in [-0.2, -0.15) is 0 Å². The van der Waals surface area contributed by atoms with E-state index in [0.717, 1.165) is 22.6 Å². The van der Waals surface area contributed by atoms with Gasteiger partial charge >= 0.3 is 5.97 Å². The van der Waals surface area contributed by atoms with E-state index in [-0.39, 0.29) is 18.1 Å². The largest absolute Gasteiger partial charge is 0.497 e. The van der Waals surface area contributed by atoms with Crippen molar-refractivity contribution < 1.29 is 24.2 Å². The molecule has 41 heavy (non-hydrogen) atoms. The molecule has 7 nitrogen and oxygen atoms in total. The number of methoxy groups -OCH3 is 1. The number of amides is 1. The van der Waals surface area contributed by atoms with E-state index in [1.165, 1.54) is 17.8 Å². The van der Waals surface area contributed by atoms with Gasteiger partial charge in [0.25, 0.3) is 5.91 Å². The number of rotatable bonds is 9.